The highest BCUT2D eigenvalue weighted by Crippen LogP contribution is 2.30. The number of benzene rings is 2. The van der Waals surface area contributed by atoms with Gasteiger partial charge < -0.3 is 15.3 Å². The van der Waals surface area contributed by atoms with Crippen LogP contribution in [0.2, 0.25) is 0 Å². The summed E-state index contributed by atoms with van der Waals surface area (Å²) in [6, 6.07) is 13.2. The van der Waals surface area contributed by atoms with E-state index < -0.39 is 10.0 Å². The van der Waals surface area contributed by atoms with Crippen molar-refractivity contribution in [2.24, 2.45) is 0 Å². The second-order valence-corrected chi connectivity index (χ2v) is 8.41. The number of aromatic hydroxyl groups is 1. The van der Waals surface area contributed by atoms with Gasteiger partial charge in [-0.3, -0.25) is 0 Å². The predicted molar refractivity (Wildman–Crippen MR) is 103 cm³/mol. The zero-order valence-corrected chi connectivity index (χ0v) is 15.9. The van der Waals surface area contributed by atoms with Gasteiger partial charge in [-0.1, -0.05) is 18.2 Å². The minimum atomic E-state index is -3.56. The number of hydrogen-bond acceptors (Lipinski definition) is 4. The molecule has 0 bridgehead atoms. The minimum Gasteiger partial charge on any atom is -0.508 e. The van der Waals surface area contributed by atoms with Crippen LogP contribution in [0.15, 0.2) is 53.4 Å². The molecule has 1 heterocycles. The Morgan fingerprint density at radius 3 is 2.48 bits per heavy atom. The van der Waals surface area contributed by atoms with Crippen molar-refractivity contribution in [1.82, 2.24) is 9.62 Å². The molecule has 3 rings (SSSR count). The summed E-state index contributed by atoms with van der Waals surface area (Å²) in [7, 11) is -2.21. The van der Waals surface area contributed by atoms with Gasteiger partial charge in [0.15, 0.2) is 0 Å². The lowest BCUT2D eigenvalue weighted by Gasteiger charge is -2.32. The molecule has 7 nitrogen and oxygen atoms in total. The zero-order valence-electron chi connectivity index (χ0n) is 15.1. The summed E-state index contributed by atoms with van der Waals surface area (Å²) in [5, 5.41) is 12.4. The molecule has 0 unspecified atom stereocenters. The highest BCUT2D eigenvalue weighted by atomic mass is 32.2. The van der Waals surface area contributed by atoms with E-state index in [4.69, 9.17) is 0 Å². The quantitative estimate of drug-likeness (QED) is 0.749. The van der Waals surface area contributed by atoms with Crippen molar-refractivity contribution in [2.45, 2.75) is 23.7 Å². The van der Waals surface area contributed by atoms with E-state index in [1.165, 1.54) is 19.2 Å². The number of anilines is 1. The van der Waals surface area contributed by atoms with Crippen molar-refractivity contribution in [3.63, 3.8) is 0 Å². The molecule has 0 saturated carbocycles. The number of nitrogens with zero attached hydrogens (tertiary/aromatic N) is 1. The van der Waals surface area contributed by atoms with Crippen LogP contribution in [0.4, 0.5) is 10.5 Å². The van der Waals surface area contributed by atoms with Crippen LogP contribution in [0.5, 0.6) is 5.75 Å². The van der Waals surface area contributed by atoms with Crippen LogP contribution >= 0.6 is 0 Å². The van der Waals surface area contributed by atoms with Crippen molar-refractivity contribution >= 4 is 21.7 Å². The fraction of sp³-hybridized carbons (Fsp3) is 0.316. The standard InChI is InChI=1S/C19H23N3O4S/c1-20-27(25,26)18-7-3-5-16(13-18)21-19(24)22-10-8-14(9-11-22)15-4-2-6-17(23)12-15/h2-7,12-14,20,23H,8-11H2,1H3,(H,21,24). The van der Waals surface area contributed by atoms with E-state index in [9.17, 15) is 18.3 Å². The van der Waals surface area contributed by atoms with Gasteiger partial charge in [0.25, 0.3) is 0 Å². The lowest BCUT2D eigenvalue weighted by atomic mass is 9.89. The van der Waals surface area contributed by atoms with E-state index in [1.807, 2.05) is 12.1 Å². The number of sulfonamides is 1. The number of phenols is 1. The summed E-state index contributed by atoms with van der Waals surface area (Å²) in [4.78, 5) is 14.3. The number of phenolic OH excluding ortho intramolecular Hbond substituents is 1. The number of carbonyl (C=O) groups excluding carboxylic acids is 1. The molecule has 0 spiro atoms. The average molecular weight is 389 g/mol. The van der Waals surface area contributed by atoms with E-state index in [2.05, 4.69) is 10.0 Å². The smallest absolute Gasteiger partial charge is 0.321 e. The van der Waals surface area contributed by atoms with Crippen molar-refractivity contribution in [2.75, 3.05) is 25.5 Å². The maximum Gasteiger partial charge on any atom is 0.321 e. The Labute approximate surface area is 159 Å². The number of rotatable bonds is 4. The number of hydrogen-bond donors (Lipinski definition) is 3. The number of piperidine rings is 1. The number of carbonyl (C=O) groups is 1. The third-order valence-electron chi connectivity index (χ3n) is 4.79. The zero-order chi connectivity index (χ0) is 19.4. The summed E-state index contributed by atoms with van der Waals surface area (Å²) in [6.45, 7) is 1.20. The van der Waals surface area contributed by atoms with E-state index in [1.54, 1.807) is 29.2 Å². The Hall–Kier alpha value is -2.58. The number of urea groups is 1. The first-order valence-electron chi connectivity index (χ1n) is 8.77. The van der Waals surface area contributed by atoms with E-state index in [0.717, 1.165) is 18.4 Å². The average Bonchev–Trinajstić information content (AvgIpc) is 2.68. The lowest BCUT2D eigenvalue weighted by molar-refractivity contribution is 0.194. The molecule has 1 fully saturated rings. The molecular formula is C19H23N3O4S. The summed E-state index contributed by atoms with van der Waals surface area (Å²) in [5.74, 6) is 0.564. The Morgan fingerprint density at radius 1 is 1.11 bits per heavy atom. The molecule has 0 aliphatic carbocycles. The molecule has 1 saturated heterocycles. The Kier molecular flexibility index (Phi) is 5.67. The van der Waals surface area contributed by atoms with Crippen molar-refractivity contribution in [3.8, 4) is 5.75 Å². The molecule has 8 heteroatoms. The molecule has 2 aromatic rings. The minimum absolute atomic E-state index is 0.102. The predicted octanol–water partition coefficient (Wildman–Crippen LogP) is 2.71. The molecule has 0 atom stereocenters. The Morgan fingerprint density at radius 2 is 1.81 bits per heavy atom. The molecule has 3 N–H and O–H groups in total. The maximum atomic E-state index is 12.5. The molecular weight excluding hydrogens is 366 g/mol. The van der Waals surface area contributed by atoms with Crippen molar-refractivity contribution < 1.29 is 18.3 Å². The second kappa shape index (κ2) is 7.98. The van der Waals surface area contributed by atoms with Gasteiger partial charge in [-0.15, -0.1) is 0 Å². The van der Waals surface area contributed by atoms with Crippen LogP contribution in [-0.4, -0.2) is 44.6 Å². The van der Waals surface area contributed by atoms with Gasteiger partial charge in [0.05, 0.1) is 4.90 Å². The van der Waals surface area contributed by atoms with Gasteiger partial charge in [-0.05, 0) is 61.7 Å². The van der Waals surface area contributed by atoms with Gasteiger partial charge >= 0.3 is 6.03 Å². The first kappa shape index (κ1) is 19.2. The molecule has 1 aliphatic heterocycles. The lowest BCUT2D eigenvalue weighted by Crippen LogP contribution is -2.40. The van der Waals surface area contributed by atoms with Crippen LogP contribution < -0.4 is 10.0 Å². The van der Waals surface area contributed by atoms with Gasteiger partial charge in [-0.25, -0.2) is 17.9 Å². The van der Waals surface area contributed by atoms with Crippen LogP contribution in [0, 0.1) is 0 Å². The topological polar surface area (TPSA) is 98.7 Å². The van der Waals surface area contributed by atoms with Crippen molar-refractivity contribution in [1.29, 1.82) is 0 Å². The maximum absolute atomic E-state index is 12.5. The van der Waals surface area contributed by atoms with Gasteiger partial charge in [0.1, 0.15) is 5.75 Å². The first-order valence-corrected chi connectivity index (χ1v) is 10.3. The van der Waals surface area contributed by atoms with E-state index in [-0.39, 0.29) is 16.7 Å². The van der Waals surface area contributed by atoms with Gasteiger partial charge in [-0.2, -0.15) is 0 Å². The number of nitrogens with one attached hydrogen (secondary N) is 2. The van der Waals surface area contributed by atoms with Crippen LogP contribution in [0.25, 0.3) is 0 Å². The summed E-state index contributed by atoms with van der Waals surface area (Å²) in [6.07, 6.45) is 1.62. The van der Waals surface area contributed by atoms with Crippen LogP contribution in [0.3, 0.4) is 0 Å². The third kappa shape index (κ3) is 4.58. The molecule has 27 heavy (non-hydrogen) atoms. The normalized spacial score (nSPS) is 15.5. The van der Waals surface area contributed by atoms with Gasteiger partial charge in [0, 0.05) is 18.8 Å². The third-order valence-corrected chi connectivity index (χ3v) is 6.20. The molecule has 2 amide bonds. The summed E-state index contributed by atoms with van der Waals surface area (Å²) < 4.78 is 26.0. The molecule has 2 aromatic carbocycles. The molecule has 1 aliphatic rings. The highest BCUT2D eigenvalue weighted by Gasteiger charge is 2.24. The SMILES string of the molecule is CNS(=O)(=O)c1cccc(NC(=O)N2CCC(c3cccc(O)c3)CC2)c1. The number of likely N-dealkylation sites (tertiary alicyclic amines) is 1. The second-order valence-electron chi connectivity index (χ2n) is 6.52. The Balaban J connectivity index is 1.61. The molecule has 144 valence electrons. The van der Waals surface area contributed by atoms with Crippen molar-refractivity contribution in [3.05, 3.63) is 54.1 Å². The van der Waals surface area contributed by atoms with Gasteiger partial charge in [0.2, 0.25) is 10.0 Å². The van der Waals surface area contributed by atoms with Crippen LogP contribution in [-0.2, 0) is 10.0 Å². The fourth-order valence-corrected chi connectivity index (χ4v) is 4.03. The summed E-state index contributed by atoms with van der Waals surface area (Å²) in [5.41, 5.74) is 1.52. The summed E-state index contributed by atoms with van der Waals surface area (Å²) >= 11 is 0. The highest BCUT2D eigenvalue weighted by molar-refractivity contribution is 7.89. The monoisotopic (exact) mass is 389 g/mol. The Bertz CT molecular complexity index is 922. The fourth-order valence-electron chi connectivity index (χ4n) is 3.26. The van der Waals surface area contributed by atoms with E-state index >= 15 is 0 Å². The molecule has 0 radical (unpaired) electrons. The van der Waals surface area contributed by atoms with E-state index in [0.29, 0.717) is 24.7 Å². The first-order chi connectivity index (χ1) is 12.9. The number of amides is 2. The molecule has 0 aromatic heterocycles. The van der Waals surface area contributed by atoms with Crippen LogP contribution in [0.1, 0.15) is 24.3 Å². The largest absolute Gasteiger partial charge is 0.508 e.